The molecule has 5 N–H and O–H groups in total. The standard InChI is InChI=1S/C7H7N5O2/c8-1-2-3-4(10-5(2)13)11-7(9)12-6(3)14/h2,5,13H,(H4,9,10,11,12,14). The zero-order valence-corrected chi connectivity index (χ0v) is 6.98. The average molecular weight is 193 g/mol. The summed E-state index contributed by atoms with van der Waals surface area (Å²) in [6.45, 7) is 0. The fourth-order valence-electron chi connectivity index (χ4n) is 1.41. The molecule has 72 valence electrons. The van der Waals surface area contributed by atoms with E-state index in [2.05, 4.69) is 15.3 Å². The smallest absolute Gasteiger partial charge is 0.259 e. The summed E-state index contributed by atoms with van der Waals surface area (Å²) < 4.78 is 0. The molecule has 0 radical (unpaired) electrons. The summed E-state index contributed by atoms with van der Waals surface area (Å²) in [7, 11) is 0. The third kappa shape index (κ3) is 1.02. The van der Waals surface area contributed by atoms with Crippen LogP contribution in [0.4, 0.5) is 11.8 Å². The molecule has 2 unspecified atom stereocenters. The molecule has 0 amide bonds. The van der Waals surface area contributed by atoms with Crippen molar-refractivity contribution in [3.8, 4) is 6.07 Å². The number of fused-ring (bicyclic) bond motifs is 1. The van der Waals surface area contributed by atoms with E-state index in [1.807, 2.05) is 6.07 Å². The summed E-state index contributed by atoms with van der Waals surface area (Å²) in [6.07, 6.45) is -1.11. The number of aromatic amines is 1. The Hall–Kier alpha value is -2.07. The molecule has 7 nitrogen and oxygen atoms in total. The Morgan fingerprint density at radius 2 is 2.36 bits per heavy atom. The molecule has 0 saturated carbocycles. The monoisotopic (exact) mass is 193 g/mol. The zero-order chi connectivity index (χ0) is 10.3. The molecule has 0 spiro atoms. The maximum atomic E-state index is 11.4. The first-order chi connectivity index (χ1) is 6.63. The molecule has 14 heavy (non-hydrogen) atoms. The van der Waals surface area contributed by atoms with Gasteiger partial charge in [0, 0.05) is 0 Å². The number of rotatable bonds is 0. The average Bonchev–Trinajstić information content (AvgIpc) is 2.40. The SMILES string of the molecule is N#CC1c2c(nc(N)[nH]c2=O)NC1O. The lowest BCUT2D eigenvalue weighted by Gasteiger charge is -2.03. The first-order valence-electron chi connectivity index (χ1n) is 3.87. The van der Waals surface area contributed by atoms with E-state index in [1.165, 1.54) is 0 Å². The Bertz CT molecular complexity index is 474. The molecular weight excluding hydrogens is 186 g/mol. The number of nitrogens with zero attached hydrogens (tertiary/aromatic N) is 2. The molecule has 2 heterocycles. The lowest BCUT2D eigenvalue weighted by Crippen LogP contribution is -2.21. The first-order valence-corrected chi connectivity index (χ1v) is 3.87. The topological polar surface area (TPSA) is 128 Å². The van der Waals surface area contributed by atoms with Crippen molar-refractivity contribution in [2.45, 2.75) is 12.1 Å². The Balaban J connectivity index is 2.66. The van der Waals surface area contributed by atoms with Crippen LogP contribution in [0, 0.1) is 11.3 Å². The number of nitriles is 1. The van der Waals surface area contributed by atoms with Gasteiger partial charge in [-0.3, -0.25) is 9.78 Å². The third-order valence-corrected chi connectivity index (χ3v) is 2.02. The molecule has 2 atom stereocenters. The third-order valence-electron chi connectivity index (χ3n) is 2.02. The Labute approximate surface area is 78.2 Å². The highest BCUT2D eigenvalue weighted by molar-refractivity contribution is 5.56. The van der Waals surface area contributed by atoms with Crippen LogP contribution in [-0.2, 0) is 0 Å². The van der Waals surface area contributed by atoms with Gasteiger partial charge in [0.2, 0.25) is 5.95 Å². The molecule has 0 saturated heterocycles. The number of nitrogens with one attached hydrogen (secondary N) is 2. The van der Waals surface area contributed by atoms with Gasteiger partial charge in [-0.05, 0) is 0 Å². The highest BCUT2D eigenvalue weighted by Gasteiger charge is 2.34. The summed E-state index contributed by atoms with van der Waals surface area (Å²) in [6, 6.07) is 1.82. The number of nitrogens with two attached hydrogens (primary N) is 1. The molecule has 1 aromatic rings. The predicted octanol–water partition coefficient (Wildman–Crippen LogP) is -1.30. The number of aromatic nitrogens is 2. The van der Waals surface area contributed by atoms with Crippen molar-refractivity contribution in [1.29, 1.82) is 5.26 Å². The van der Waals surface area contributed by atoms with Crippen molar-refractivity contribution in [1.82, 2.24) is 9.97 Å². The van der Waals surface area contributed by atoms with Crippen LogP contribution in [0.3, 0.4) is 0 Å². The summed E-state index contributed by atoms with van der Waals surface area (Å²) in [5.74, 6) is -0.779. The maximum Gasteiger partial charge on any atom is 0.259 e. The van der Waals surface area contributed by atoms with E-state index in [4.69, 9.17) is 11.0 Å². The van der Waals surface area contributed by atoms with Crippen LogP contribution in [0.2, 0.25) is 0 Å². The van der Waals surface area contributed by atoms with Gasteiger partial charge >= 0.3 is 0 Å². The lowest BCUT2D eigenvalue weighted by atomic mass is 10.1. The minimum atomic E-state index is -1.11. The van der Waals surface area contributed by atoms with Gasteiger partial charge in [-0.25, -0.2) is 0 Å². The Morgan fingerprint density at radius 3 is 3.00 bits per heavy atom. The van der Waals surface area contributed by atoms with E-state index >= 15 is 0 Å². The second-order valence-electron chi connectivity index (χ2n) is 2.91. The van der Waals surface area contributed by atoms with Gasteiger partial charge in [-0.2, -0.15) is 10.2 Å². The van der Waals surface area contributed by atoms with Gasteiger partial charge in [0.05, 0.1) is 11.6 Å². The van der Waals surface area contributed by atoms with Crippen LogP contribution in [0.15, 0.2) is 4.79 Å². The van der Waals surface area contributed by atoms with Gasteiger partial charge in [-0.1, -0.05) is 0 Å². The zero-order valence-electron chi connectivity index (χ0n) is 6.98. The fourth-order valence-corrected chi connectivity index (χ4v) is 1.41. The predicted molar refractivity (Wildman–Crippen MR) is 47.3 cm³/mol. The van der Waals surface area contributed by atoms with E-state index in [0.29, 0.717) is 0 Å². The van der Waals surface area contributed by atoms with Crippen molar-refractivity contribution in [2.24, 2.45) is 0 Å². The number of aliphatic hydroxyl groups is 1. The molecule has 1 aromatic heterocycles. The van der Waals surface area contributed by atoms with Crippen LogP contribution >= 0.6 is 0 Å². The summed E-state index contributed by atoms with van der Waals surface area (Å²) in [4.78, 5) is 17.4. The Morgan fingerprint density at radius 1 is 1.64 bits per heavy atom. The molecule has 0 bridgehead atoms. The number of H-pyrrole nitrogens is 1. The highest BCUT2D eigenvalue weighted by Crippen LogP contribution is 2.29. The second-order valence-corrected chi connectivity index (χ2v) is 2.91. The van der Waals surface area contributed by atoms with Crippen molar-refractivity contribution in [3.63, 3.8) is 0 Å². The second kappa shape index (κ2) is 2.71. The largest absolute Gasteiger partial charge is 0.372 e. The van der Waals surface area contributed by atoms with Crippen molar-refractivity contribution >= 4 is 11.8 Å². The van der Waals surface area contributed by atoms with E-state index in [-0.39, 0.29) is 17.3 Å². The number of anilines is 2. The minimum absolute atomic E-state index is 0.0490. The van der Waals surface area contributed by atoms with Gasteiger partial charge in [-0.15, -0.1) is 0 Å². The van der Waals surface area contributed by atoms with Gasteiger partial charge in [0.15, 0.2) is 0 Å². The minimum Gasteiger partial charge on any atom is -0.372 e. The van der Waals surface area contributed by atoms with Gasteiger partial charge < -0.3 is 16.2 Å². The Kier molecular flexibility index (Phi) is 1.65. The molecule has 1 aliphatic heterocycles. The molecule has 7 heteroatoms. The molecular formula is C7H7N5O2. The lowest BCUT2D eigenvalue weighted by molar-refractivity contribution is 0.198. The fraction of sp³-hybridized carbons (Fsp3) is 0.286. The molecule has 0 aliphatic carbocycles. The number of hydrogen-bond donors (Lipinski definition) is 4. The molecule has 1 aliphatic rings. The van der Waals surface area contributed by atoms with E-state index in [1.54, 1.807) is 0 Å². The van der Waals surface area contributed by atoms with Crippen molar-refractivity contribution in [2.75, 3.05) is 11.1 Å². The number of nitrogen functional groups attached to an aromatic ring is 1. The summed E-state index contributed by atoms with van der Waals surface area (Å²) in [5, 5.41) is 20.6. The number of aliphatic hydroxyl groups excluding tert-OH is 1. The van der Waals surface area contributed by atoms with E-state index in [9.17, 15) is 9.90 Å². The van der Waals surface area contributed by atoms with Crippen LogP contribution in [-0.4, -0.2) is 21.3 Å². The van der Waals surface area contributed by atoms with E-state index < -0.39 is 17.7 Å². The first kappa shape index (κ1) is 8.52. The van der Waals surface area contributed by atoms with Crippen molar-refractivity contribution < 1.29 is 5.11 Å². The quantitative estimate of drug-likeness (QED) is 0.405. The van der Waals surface area contributed by atoms with Crippen LogP contribution in [0.25, 0.3) is 0 Å². The van der Waals surface area contributed by atoms with Gasteiger partial charge in [0.25, 0.3) is 5.56 Å². The normalized spacial score (nSPS) is 23.7. The van der Waals surface area contributed by atoms with Crippen LogP contribution in [0.5, 0.6) is 0 Å². The van der Waals surface area contributed by atoms with Crippen LogP contribution < -0.4 is 16.6 Å². The summed E-state index contributed by atoms with van der Waals surface area (Å²) in [5.41, 5.74) is 4.93. The molecule has 0 aromatic carbocycles. The maximum absolute atomic E-state index is 11.4. The summed E-state index contributed by atoms with van der Waals surface area (Å²) >= 11 is 0. The van der Waals surface area contributed by atoms with Crippen LogP contribution in [0.1, 0.15) is 11.5 Å². The van der Waals surface area contributed by atoms with E-state index in [0.717, 1.165) is 0 Å². The van der Waals surface area contributed by atoms with Crippen molar-refractivity contribution in [3.05, 3.63) is 15.9 Å². The molecule has 0 fully saturated rings. The number of hydrogen-bond acceptors (Lipinski definition) is 6. The molecule has 2 rings (SSSR count). The van der Waals surface area contributed by atoms with Gasteiger partial charge in [0.1, 0.15) is 18.0 Å². The highest BCUT2D eigenvalue weighted by atomic mass is 16.3.